The molecule has 1 fully saturated rings. The Morgan fingerprint density at radius 3 is 2.78 bits per heavy atom. The van der Waals surface area contributed by atoms with Gasteiger partial charge in [-0.25, -0.2) is 0 Å². The van der Waals surface area contributed by atoms with Gasteiger partial charge in [-0.2, -0.15) is 0 Å². The van der Waals surface area contributed by atoms with Crippen molar-refractivity contribution >= 4 is 5.96 Å². The Morgan fingerprint density at radius 2 is 2.22 bits per heavy atom. The van der Waals surface area contributed by atoms with Crippen LogP contribution in [0.4, 0.5) is 0 Å². The molecule has 100 valence electrons. The predicted octanol–water partition coefficient (Wildman–Crippen LogP) is 1.26. The summed E-state index contributed by atoms with van der Waals surface area (Å²) < 4.78 is 5.76. The van der Waals surface area contributed by atoms with E-state index in [2.05, 4.69) is 21.3 Å². The molecular formula is C13H22N4O. The van der Waals surface area contributed by atoms with Crippen molar-refractivity contribution in [3.05, 3.63) is 23.7 Å². The number of furan rings is 1. The van der Waals surface area contributed by atoms with Crippen molar-refractivity contribution in [3.8, 4) is 0 Å². The van der Waals surface area contributed by atoms with Gasteiger partial charge in [0.05, 0.1) is 6.04 Å². The zero-order chi connectivity index (χ0) is 13.0. The van der Waals surface area contributed by atoms with Gasteiger partial charge in [0.15, 0.2) is 5.96 Å². The molecule has 1 aromatic rings. The van der Waals surface area contributed by atoms with Crippen LogP contribution in [0.25, 0.3) is 0 Å². The van der Waals surface area contributed by atoms with E-state index in [4.69, 9.17) is 10.2 Å². The highest BCUT2D eigenvalue weighted by atomic mass is 16.3. The van der Waals surface area contributed by atoms with E-state index in [1.165, 1.54) is 12.8 Å². The average molecular weight is 250 g/mol. The molecular weight excluding hydrogens is 228 g/mol. The Kier molecular flexibility index (Phi) is 4.25. The number of hydrogen-bond donors (Lipinski definition) is 2. The maximum atomic E-state index is 5.76. The molecule has 1 aliphatic rings. The zero-order valence-corrected chi connectivity index (χ0v) is 11.1. The van der Waals surface area contributed by atoms with Gasteiger partial charge in [-0.15, -0.1) is 0 Å². The number of nitrogens with two attached hydrogens (primary N) is 1. The van der Waals surface area contributed by atoms with E-state index in [1.54, 1.807) is 7.05 Å². The fraction of sp³-hybridized carbons (Fsp3) is 0.615. The molecule has 5 nitrogen and oxygen atoms in total. The highest BCUT2D eigenvalue weighted by Crippen LogP contribution is 2.25. The van der Waals surface area contributed by atoms with Crippen molar-refractivity contribution in [1.82, 2.24) is 10.2 Å². The zero-order valence-electron chi connectivity index (χ0n) is 11.1. The summed E-state index contributed by atoms with van der Waals surface area (Å²) in [6, 6.07) is 4.30. The fourth-order valence-electron chi connectivity index (χ4n) is 2.38. The van der Waals surface area contributed by atoms with Gasteiger partial charge in [0, 0.05) is 13.6 Å². The number of aryl methyl sites for hydroxylation is 1. The Morgan fingerprint density at radius 1 is 1.50 bits per heavy atom. The molecule has 5 heteroatoms. The molecule has 1 saturated heterocycles. The van der Waals surface area contributed by atoms with Crippen molar-refractivity contribution < 1.29 is 4.42 Å². The summed E-state index contributed by atoms with van der Waals surface area (Å²) in [7, 11) is 1.68. The van der Waals surface area contributed by atoms with Gasteiger partial charge in [0.1, 0.15) is 11.5 Å². The van der Waals surface area contributed by atoms with Crippen LogP contribution >= 0.6 is 0 Å². The van der Waals surface area contributed by atoms with E-state index in [0.29, 0.717) is 5.96 Å². The second-order valence-corrected chi connectivity index (χ2v) is 4.70. The van der Waals surface area contributed by atoms with Crippen LogP contribution in [-0.4, -0.2) is 37.5 Å². The van der Waals surface area contributed by atoms with Gasteiger partial charge >= 0.3 is 0 Å². The van der Waals surface area contributed by atoms with Crippen LogP contribution in [0.2, 0.25) is 0 Å². The van der Waals surface area contributed by atoms with Crippen molar-refractivity contribution in [1.29, 1.82) is 0 Å². The normalized spacial score (nSPS) is 19.1. The van der Waals surface area contributed by atoms with Crippen LogP contribution in [0.1, 0.15) is 30.4 Å². The molecule has 0 radical (unpaired) electrons. The van der Waals surface area contributed by atoms with Crippen molar-refractivity contribution in [2.45, 2.75) is 25.8 Å². The topological polar surface area (TPSA) is 66.8 Å². The lowest BCUT2D eigenvalue weighted by Crippen LogP contribution is -2.39. The van der Waals surface area contributed by atoms with Crippen molar-refractivity contribution in [3.63, 3.8) is 0 Å². The number of guanidine groups is 1. The third kappa shape index (κ3) is 3.04. The first-order valence-corrected chi connectivity index (χ1v) is 6.47. The first-order valence-electron chi connectivity index (χ1n) is 6.47. The van der Waals surface area contributed by atoms with E-state index < -0.39 is 0 Å². The van der Waals surface area contributed by atoms with E-state index in [1.807, 2.05) is 13.0 Å². The Labute approximate surface area is 108 Å². The van der Waals surface area contributed by atoms with Crippen molar-refractivity contribution in [2.24, 2.45) is 10.7 Å². The Hall–Kier alpha value is -1.49. The summed E-state index contributed by atoms with van der Waals surface area (Å²) in [4.78, 5) is 6.36. The first kappa shape index (κ1) is 13.0. The highest BCUT2D eigenvalue weighted by molar-refractivity contribution is 5.77. The van der Waals surface area contributed by atoms with Crippen molar-refractivity contribution in [2.75, 3.05) is 26.7 Å². The van der Waals surface area contributed by atoms with E-state index in [0.717, 1.165) is 31.2 Å². The van der Waals surface area contributed by atoms with E-state index in [9.17, 15) is 0 Å². The quantitative estimate of drug-likeness (QED) is 0.623. The van der Waals surface area contributed by atoms with Crippen LogP contribution in [0, 0.1) is 6.92 Å². The third-order valence-corrected chi connectivity index (χ3v) is 3.39. The first-order chi connectivity index (χ1) is 8.70. The molecule has 1 aliphatic heterocycles. The summed E-state index contributed by atoms with van der Waals surface area (Å²) in [6.45, 7) is 4.94. The molecule has 0 saturated carbocycles. The summed E-state index contributed by atoms with van der Waals surface area (Å²) in [6.07, 6.45) is 2.51. The van der Waals surface area contributed by atoms with Gasteiger partial charge in [0.25, 0.3) is 0 Å². The lowest BCUT2D eigenvalue weighted by molar-refractivity contribution is 0.214. The molecule has 0 bridgehead atoms. The third-order valence-electron chi connectivity index (χ3n) is 3.39. The summed E-state index contributed by atoms with van der Waals surface area (Å²) >= 11 is 0. The molecule has 18 heavy (non-hydrogen) atoms. The maximum absolute atomic E-state index is 5.76. The van der Waals surface area contributed by atoms with Gasteiger partial charge in [0.2, 0.25) is 0 Å². The van der Waals surface area contributed by atoms with E-state index in [-0.39, 0.29) is 6.04 Å². The van der Waals surface area contributed by atoms with E-state index >= 15 is 0 Å². The molecule has 1 unspecified atom stereocenters. The highest BCUT2D eigenvalue weighted by Gasteiger charge is 2.25. The Balaban J connectivity index is 2.07. The summed E-state index contributed by atoms with van der Waals surface area (Å²) in [5.41, 5.74) is 5.69. The molecule has 0 aromatic carbocycles. The Bertz CT molecular complexity index is 407. The SMILES string of the molecule is CN=C(N)NCC(c1ccc(C)o1)N1CCCC1. The molecule has 3 N–H and O–H groups in total. The molecule has 0 aliphatic carbocycles. The monoisotopic (exact) mass is 250 g/mol. The molecule has 2 heterocycles. The van der Waals surface area contributed by atoms with Crippen LogP contribution in [0.5, 0.6) is 0 Å². The fourth-order valence-corrected chi connectivity index (χ4v) is 2.38. The molecule has 0 amide bonds. The lowest BCUT2D eigenvalue weighted by Gasteiger charge is -2.26. The molecule has 2 rings (SSSR count). The summed E-state index contributed by atoms with van der Waals surface area (Å²) in [5.74, 6) is 2.43. The van der Waals surface area contributed by atoms with Crippen LogP contribution in [0.3, 0.4) is 0 Å². The number of rotatable bonds is 4. The number of aliphatic imine (C=N–C) groups is 1. The lowest BCUT2D eigenvalue weighted by atomic mass is 10.2. The number of likely N-dealkylation sites (tertiary alicyclic amines) is 1. The standard InChI is InChI=1S/C13H22N4O/c1-10-5-6-12(18-10)11(9-16-13(14)15-2)17-7-3-4-8-17/h5-6,11H,3-4,7-9H2,1-2H3,(H3,14,15,16). The number of nitrogens with zero attached hydrogens (tertiary/aromatic N) is 2. The minimum absolute atomic E-state index is 0.237. The second kappa shape index (κ2) is 5.91. The predicted molar refractivity (Wildman–Crippen MR) is 72.5 cm³/mol. The molecule has 1 atom stereocenters. The van der Waals surface area contributed by atoms with Gasteiger partial charge < -0.3 is 15.5 Å². The minimum Gasteiger partial charge on any atom is -0.465 e. The summed E-state index contributed by atoms with van der Waals surface area (Å²) in [5, 5.41) is 3.14. The largest absolute Gasteiger partial charge is 0.465 e. The van der Waals surface area contributed by atoms with Gasteiger partial charge in [-0.3, -0.25) is 9.89 Å². The van der Waals surface area contributed by atoms with Crippen LogP contribution in [0.15, 0.2) is 21.5 Å². The number of hydrogen-bond acceptors (Lipinski definition) is 3. The smallest absolute Gasteiger partial charge is 0.188 e. The molecule has 0 spiro atoms. The second-order valence-electron chi connectivity index (χ2n) is 4.70. The van der Waals surface area contributed by atoms with Gasteiger partial charge in [-0.05, 0) is 45.0 Å². The minimum atomic E-state index is 0.237. The number of nitrogens with one attached hydrogen (secondary N) is 1. The van der Waals surface area contributed by atoms with Crippen LogP contribution in [-0.2, 0) is 0 Å². The average Bonchev–Trinajstić information content (AvgIpc) is 3.01. The molecule has 1 aromatic heterocycles. The van der Waals surface area contributed by atoms with Crippen LogP contribution < -0.4 is 11.1 Å². The maximum Gasteiger partial charge on any atom is 0.188 e. The van der Waals surface area contributed by atoms with Gasteiger partial charge in [-0.1, -0.05) is 0 Å².